The highest BCUT2D eigenvalue weighted by atomic mass is 32.2. The van der Waals surface area contributed by atoms with Crippen LogP contribution in [-0.4, -0.2) is 20.5 Å². The van der Waals surface area contributed by atoms with Gasteiger partial charge in [0.05, 0.1) is 0 Å². The maximum atomic E-state index is 4.62. The van der Waals surface area contributed by atoms with Crippen LogP contribution in [0.3, 0.4) is 0 Å². The fourth-order valence-corrected chi connectivity index (χ4v) is 6.05. The van der Waals surface area contributed by atoms with Crippen molar-refractivity contribution in [2.24, 2.45) is 24.8 Å². The Labute approximate surface area is 119 Å². The number of aromatic nitrogens is 3. The molecule has 1 aromatic rings. The molecule has 0 N–H and O–H groups in total. The quantitative estimate of drug-likeness (QED) is 0.793. The minimum Gasteiger partial charge on any atom is -0.309 e. The average Bonchev–Trinajstić information content (AvgIpc) is 2.70. The highest BCUT2D eigenvalue weighted by molar-refractivity contribution is 7.99. The molecule has 0 spiro atoms. The van der Waals surface area contributed by atoms with Crippen LogP contribution >= 0.6 is 11.8 Å². The Morgan fingerprint density at radius 1 is 1.11 bits per heavy atom. The second-order valence-electron chi connectivity index (χ2n) is 7.00. The van der Waals surface area contributed by atoms with Crippen LogP contribution in [0.2, 0.25) is 0 Å². The molecule has 1 aromatic heterocycles. The molecule has 0 amide bonds. The molecule has 0 radical (unpaired) electrons. The summed E-state index contributed by atoms with van der Waals surface area (Å²) in [4.78, 5) is 0. The Bertz CT molecular complexity index is 458. The van der Waals surface area contributed by atoms with Crippen LogP contribution in [0.5, 0.6) is 0 Å². The summed E-state index contributed by atoms with van der Waals surface area (Å²) in [5, 5.41) is 10.2. The Hall–Kier alpha value is -0.510. The number of hydrogen-bond donors (Lipinski definition) is 0. The zero-order valence-electron chi connectivity index (χ0n) is 11.9. The van der Waals surface area contributed by atoms with Gasteiger partial charge in [-0.05, 0) is 62.0 Å². The number of hydrogen-bond acceptors (Lipinski definition) is 3. The van der Waals surface area contributed by atoms with E-state index in [-0.39, 0.29) is 0 Å². The molecule has 4 aliphatic carbocycles. The summed E-state index contributed by atoms with van der Waals surface area (Å²) < 4.78 is 2.29. The van der Waals surface area contributed by atoms with Gasteiger partial charge in [0, 0.05) is 12.5 Å². The molecule has 3 nitrogen and oxygen atoms in total. The zero-order chi connectivity index (χ0) is 13.0. The summed E-state index contributed by atoms with van der Waals surface area (Å²) in [6.45, 7) is 2.18. The van der Waals surface area contributed by atoms with Gasteiger partial charge in [-0.15, -0.1) is 10.2 Å². The molecule has 19 heavy (non-hydrogen) atoms. The second-order valence-corrected chi connectivity index (χ2v) is 8.23. The largest absolute Gasteiger partial charge is 0.309 e. The van der Waals surface area contributed by atoms with Crippen LogP contribution in [0.4, 0.5) is 0 Å². The molecule has 0 aliphatic heterocycles. The van der Waals surface area contributed by atoms with Gasteiger partial charge in [0.1, 0.15) is 5.82 Å². The zero-order valence-corrected chi connectivity index (χ0v) is 12.7. The fraction of sp³-hybridized carbons (Fsp3) is 0.867. The highest BCUT2D eigenvalue weighted by Crippen LogP contribution is 2.60. The molecule has 0 unspecified atom stereocenters. The number of rotatable bonds is 3. The van der Waals surface area contributed by atoms with E-state index in [9.17, 15) is 0 Å². The van der Waals surface area contributed by atoms with E-state index in [4.69, 9.17) is 0 Å². The van der Waals surface area contributed by atoms with Gasteiger partial charge in [-0.1, -0.05) is 18.7 Å². The minimum absolute atomic E-state index is 0.378. The third-order valence-electron chi connectivity index (χ3n) is 5.62. The van der Waals surface area contributed by atoms with Crippen molar-refractivity contribution < 1.29 is 0 Å². The normalized spacial score (nSPS) is 40.0. The van der Waals surface area contributed by atoms with Crippen LogP contribution in [0.15, 0.2) is 5.16 Å². The summed E-state index contributed by atoms with van der Waals surface area (Å²) in [5.74, 6) is 5.30. The molecule has 5 rings (SSSR count). The third kappa shape index (κ3) is 1.78. The maximum Gasteiger partial charge on any atom is 0.190 e. The van der Waals surface area contributed by atoms with E-state index in [2.05, 4.69) is 28.7 Å². The first-order chi connectivity index (χ1) is 9.20. The summed E-state index contributed by atoms with van der Waals surface area (Å²) in [5.41, 5.74) is 0.378. The van der Waals surface area contributed by atoms with Crippen molar-refractivity contribution in [3.8, 4) is 0 Å². The van der Waals surface area contributed by atoms with E-state index >= 15 is 0 Å². The van der Waals surface area contributed by atoms with Crippen molar-refractivity contribution in [3.63, 3.8) is 0 Å². The van der Waals surface area contributed by atoms with Crippen molar-refractivity contribution in [1.82, 2.24) is 14.8 Å². The monoisotopic (exact) mass is 277 g/mol. The molecule has 1 heterocycles. The van der Waals surface area contributed by atoms with Crippen molar-refractivity contribution in [1.29, 1.82) is 0 Å². The van der Waals surface area contributed by atoms with E-state index in [1.807, 2.05) is 11.8 Å². The lowest BCUT2D eigenvalue weighted by Gasteiger charge is -2.56. The lowest BCUT2D eigenvalue weighted by Crippen LogP contribution is -2.49. The van der Waals surface area contributed by atoms with Gasteiger partial charge in [-0.2, -0.15) is 0 Å². The SMILES string of the molecule is CCSc1nnc(C23CC4CC(CC(C4)C2)C3)n1C. The van der Waals surface area contributed by atoms with Gasteiger partial charge in [0.2, 0.25) is 0 Å². The van der Waals surface area contributed by atoms with E-state index in [1.54, 1.807) is 0 Å². The van der Waals surface area contributed by atoms with Crippen LogP contribution in [-0.2, 0) is 12.5 Å². The van der Waals surface area contributed by atoms with Crippen molar-refractivity contribution in [3.05, 3.63) is 5.82 Å². The molecule has 0 aromatic carbocycles. The molecule has 4 bridgehead atoms. The van der Waals surface area contributed by atoms with Crippen LogP contribution in [0.1, 0.15) is 51.3 Å². The van der Waals surface area contributed by atoms with Crippen LogP contribution in [0, 0.1) is 17.8 Å². The molecule has 4 heteroatoms. The minimum atomic E-state index is 0.378. The first-order valence-electron chi connectivity index (χ1n) is 7.73. The van der Waals surface area contributed by atoms with E-state index in [1.165, 1.54) is 44.3 Å². The van der Waals surface area contributed by atoms with Crippen molar-refractivity contribution in [2.75, 3.05) is 5.75 Å². The summed E-state index contributed by atoms with van der Waals surface area (Å²) in [6.07, 6.45) is 8.61. The van der Waals surface area contributed by atoms with Crippen LogP contribution in [0.25, 0.3) is 0 Å². The van der Waals surface area contributed by atoms with E-state index < -0.39 is 0 Å². The van der Waals surface area contributed by atoms with Gasteiger partial charge >= 0.3 is 0 Å². The highest BCUT2D eigenvalue weighted by Gasteiger charge is 2.53. The first kappa shape index (κ1) is 12.2. The number of nitrogens with zero attached hydrogens (tertiary/aromatic N) is 3. The molecule has 104 valence electrons. The Morgan fingerprint density at radius 2 is 1.68 bits per heavy atom. The fourth-order valence-electron chi connectivity index (χ4n) is 5.42. The topological polar surface area (TPSA) is 30.7 Å². The lowest BCUT2D eigenvalue weighted by atomic mass is 9.49. The lowest BCUT2D eigenvalue weighted by molar-refractivity contribution is -0.0109. The van der Waals surface area contributed by atoms with Gasteiger partial charge in [-0.25, -0.2) is 0 Å². The molecule has 4 saturated carbocycles. The second kappa shape index (κ2) is 4.24. The third-order valence-corrected chi connectivity index (χ3v) is 6.52. The maximum absolute atomic E-state index is 4.62. The molecule has 0 atom stereocenters. The van der Waals surface area contributed by atoms with Gasteiger partial charge < -0.3 is 4.57 Å². The first-order valence-corrected chi connectivity index (χ1v) is 8.71. The molecule has 4 fully saturated rings. The molecular formula is C15H23N3S. The molecular weight excluding hydrogens is 254 g/mol. The van der Waals surface area contributed by atoms with Crippen molar-refractivity contribution in [2.45, 2.75) is 56.0 Å². The predicted octanol–water partition coefficient (Wildman–Crippen LogP) is 3.39. The smallest absolute Gasteiger partial charge is 0.190 e. The Balaban J connectivity index is 1.71. The Kier molecular flexibility index (Phi) is 2.73. The van der Waals surface area contributed by atoms with Gasteiger partial charge in [0.25, 0.3) is 0 Å². The van der Waals surface area contributed by atoms with E-state index in [0.717, 1.165) is 28.7 Å². The predicted molar refractivity (Wildman–Crippen MR) is 77.3 cm³/mol. The summed E-state index contributed by atoms with van der Waals surface area (Å²) in [6, 6.07) is 0. The molecule has 4 aliphatic rings. The summed E-state index contributed by atoms with van der Waals surface area (Å²) >= 11 is 1.82. The van der Waals surface area contributed by atoms with Gasteiger partial charge in [-0.3, -0.25) is 0 Å². The number of thioether (sulfide) groups is 1. The van der Waals surface area contributed by atoms with Gasteiger partial charge in [0.15, 0.2) is 5.16 Å². The average molecular weight is 277 g/mol. The van der Waals surface area contributed by atoms with Crippen molar-refractivity contribution >= 4 is 11.8 Å². The molecule has 0 saturated heterocycles. The van der Waals surface area contributed by atoms with Crippen LogP contribution < -0.4 is 0 Å². The van der Waals surface area contributed by atoms with E-state index in [0.29, 0.717) is 5.41 Å². The Morgan fingerprint density at radius 3 is 2.21 bits per heavy atom. The standard InChI is InChI=1S/C15H23N3S/c1-3-19-14-17-16-13(18(14)2)15-7-10-4-11(8-15)6-12(5-10)9-15/h10-12H,3-9H2,1-2H3. The summed E-state index contributed by atoms with van der Waals surface area (Å²) in [7, 11) is 2.17.